The first-order valence-electron chi connectivity index (χ1n) is 10.8. The molecule has 4 heteroatoms. The number of aryl methyl sites for hydroxylation is 2. The van der Waals surface area contributed by atoms with Gasteiger partial charge in [-0.15, -0.1) is 0 Å². The van der Waals surface area contributed by atoms with Crippen molar-refractivity contribution in [1.82, 2.24) is 4.90 Å². The second-order valence-corrected chi connectivity index (χ2v) is 9.89. The Morgan fingerprint density at radius 1 is 1.31 bits per heavy atom. The second kappa shape index (κ2) is 10.5. The van der Waals surface area contributed by atoms with Gasteiger partial charge in [-0.2, -0.15) is 11.8 Å². The minimum atomic E-state index is -0.204. The molecule has 0 unspecified atom stereocenters. The number of amides is 1. The Hall–Kier alpha value is -1.52. The maximum Gasteiger partial charge on any atom is 0.232 e. The molecular formula is C25H35NO2S. The van der Waals surface area contributed by atoms with E-state index in [-0.39, 0.29) is 17.9 Å². The van der Waals surface area contributed by atoms with E-state index in [1.807, 2.05) is 14.1 Å². The summed E-state index contributed by atoms with van der Waals surface area (Å²) < 4.78 is 0. The molecule has 1 fully saturated rings. The molecule has 1 aromatic carbocycles. The number of aliphatic hydroxyl groups is 1. The first-order chi connectivity index (χ1) is 13.9. The van der Waals surface area contributed by atoms with Gasteiger partial charge in [-0.1, -0.05) is 53.6 Å². The Morgan fingerprint density at radius 2 is 2.14 bits per heavy atom. The number of allylic oxidation sites excluding steroid dienone is 3. The Labute approximate surface area is 180 Å². The molecule has 29 heavy (non-hydrogen) atoms. The fraction of sp³-hybridized carbons (Fsp3) is 0.560. The minimum absolute atomic E-state index is 0.186. The van der Waals surface area contributed by atoms with Gasteiger partial charge in [0.1, 0.15) is 0 Å². The molecule has 0 heterocycles. The zero-order chi connectivity index (χ0) is 20.8. The summed E-state index contributed by atoms with van der Waals surface area (Å²) in [5, 5.41) is 10.5. The lowest BCUT2D eigenvalue weighted by Crippen LogP contribution is -2.23. The molecule has 0 radical (unpaired) electrons. The van der Waals surface area contributed by atoms with Crippen molar-refractivity contribution >= 4 is 17.7 Å². The first kappa shape index (κ1) is 22.2. The van der Waals surface area contributed by atoms with Crippen LogP contribution in [-0.2, 0) is 11.2 Å². The van der Waals surface area contributed by atoms with E-state index in [2.05, 4.69) is 49.4 Å². The van der Waals surface area contributed by atoms with E-state index in [0.717, 1.165) is 37.9 Å². The highest BCUT2D eigenvalue weighted by molar-refractivity contribution is 7.99. The standard InChI is InChI=1S/C25H35NO2S/c1-18-7-6-9-19(13-18)8-4-5-10-22-23-15-20(14-21(23)16-24(22)27)11-12-29-17-25(28)26(2)3/h5-7,9-10,13-14,21-24,27H,4,8,11-12,15-17H2,1-3H3/t21-,22+,23-,24+/m0/s1. The number of hydrogen-bond donors (Lipinski definition) is 1. The lowest BCUT2D eigenvalue weighted by molar-refractivity contribution is -0.125. The molecule has 3 rings (SSSR count). The number of fused-ring (bicyclic) bond motifs is 1. The van der Waals surface area contributed by atoms with Gasteiger partial charge < -0.3 is 10.0 Å². The fourth-order valence-corrected chi connectivity index (χ4v) is 5.64. The summed E-state index contributed by atoms with van der Waals surface area (Å²) in [5.41, 5.74) is 4.22. The van der Waals surface area contributed by atoms with Crippen molar-refractivity contribution in [3.8, 4) is 0 Å². The Bertz CT molecular complexity index is 755. The first-order valence-corrected chi connectivity index (χ1v) is 12.0. The Kier molecular flexibility index (Phi) is 8.02. The van der Waals surface area contributed by atoms with Gasteiger partial charge in [0.05, 0.1) is 11.9 Å². The highest BCUT2D eigenvalue weighted by Crippen LogP contribution is 2.48. The molecule has 0 saturated heterocycles. The number of nitrogens with zero attached hydrogens (tertiary/aromatic N) is 1. The van der Waals surface area contributed by atoms with Crippen LogP contribution in [0.25, 0.3) is 0 Å². The lowest BCUT2D eigenvalue weighted by atomic mass is 9.89. The molecule has 1 N–H and O–H groups in total. The van der Waals surface area contributed by atoms with Crippen LogP contribution in [0.4, 0.5) is 0 Å². The molecule has 1 saturated carbocycles. The molecule has 4 atom stereocenters. The normalized spacial score (nSPS) is 26.0. The van der Waals surface area contributed by atoms with Crippen LogP contribution in [-0.4, -0.2) is 47.6 Å². The Balaban J connectivity index is 1.43. The number of carbonyl (C=O) groups excluding carboxylic acids is 1. The number of aliphatic hydroxyl groups excluding tert-OH is 1. The summed E-state index contributed by atoms with van der Waals surface area (Å²) >= 11 is 1.73. The number of rotatable bonds is 9. The molecule has 2 aliphatic rings. The number of hydrogen-bond acceptors (Lipinski definition) is 3. The monoisotopic (exact) mass is 413 g/mol. The van der Waals surface area contributed by atoms with E-state index in [1.54, 1.807) is 16.7 Å². The van der Waals surface area contributed by atoms with Crippen LogP contribution in [0, 0.1) is 24.7 Å². The van der Waals surface area contributed by atoms with Crippen LogP contribution in [0.1, 0.15) is 36.8 Å². The molecule has 2 aliphatic carbocycles. The molecule has 0 spiro atoms. The number of thioether (sulfide) groups is 1. The summed E-state index contributed by atoms with van der Waals surface area (Å²) in [6.45, 7) is 2.14. The fourth-order valence-electron chi connectivity index (χ4n) is 4.65. The molecular weight excluding hydrogens is 378 g/mol. The van der Waals surface area contributed by atoms with E-state index in [9.17, 15) is 9.90 Å². The van der Waals surface area contributed by atoms with E-state index >= 15 is 0 Å². The molecule has 3 nitrogen and oxygen atoms in total. The minimum Gasteiger partial charge on any atom is -0.392 e. The zero-order valence-electron chi connectivity index (χ0n) is 18.0. The largest absolute Gasteiger partial charge is 0.392 e. The van der Waals surface area contributed by atoms with E-state index < -0.39 is 0 Å². The van der Waals surface area contributed by atoms with Gasteiger partial charge in [0.2, 0.25) is 5.91 Å². The van der Waals surface area contributed by atoms with Crippen LogP contribution >= 0.6 is 11.8 Å². The van der Waals surface area contributed by atoms with E-state index in [4.69, 9.17) is 0 Å². The van der Waals surface area contributed by atoms with Crippen molar-refractivity contribution in [2.45, 2.75) is 45.1 Å². The smallest absolute Gasteiger partial charge is 0.232 e. The van der Waals surface area contributed by atoms with Crippen molar-refractivity contribution in [2.24, 2.45) is 17.8 Å². The van der Waals surface area contributed by atoms with Crippen molar-refractivity contribution in [1.29, 1.82) is 0 Å². The van der Waals surface area contributed by atoms with Gasteiger partial charge in [-0.3, -0.25) is 4.79 Å². The van der Waals surface area contributed by atoms with Gasteiger partial charge in [0.15, 0.2) is 0 Å². The SMILES string of the molecule is Cc1cccc(CCC=C[C@@H]2[C@H]3CC(CCSCC(=O)N(C)C)=C[C@H]3C[C@H]2O)c1. The van der Waals surface area contributed by atoms with Crippen molar-refractivity contribution in [2.75, 3.05) is 25.6 Å². The highest BCUT2D eigenvalue weighted by Gasteiger charge is 2.43. The highest BCUT2D eigenvalue weighted by atomic mass is 32.2. The third-order valence-electron chi connectivity index (χ3n) is 6.28. The van der Waals surface area contributed by atoms with Gasteiger partial charge in [0.25, 0.3) is 0 Å². The van der Waals surface area contributed by atoms with Gasteiger partial charge >= 0.3 is 0 Å². The maximum absolute atomic E-state index is 11.7. The summed E-state index contributed by atoms with van der Waals surface area (Å²) in [5.74, 6) is 3.13. The predicted octanol–water partition coefficient (Wildman–Crippen LogP) is 4.64. The molecule has 1 aromatic rings. The number of benzene rings is 1. The molecule has 0 aromatic heterocycles. The van der Waals surface area contributed by atoms with Gasteiger partial charge in [-0.05, 0) is 62.2 Å². The topological polar surface area (TPSA) is 40.5 Å². The summed E-state index contributed by atoms with van der Waals surface area (Å²) in [6, 6.07) is 8.71. The summed E-state index contributed by atoms with van der Waals surface area (Å²) in [7, 11) is 3.62. The third kappa shape index (κ3) is 6.23. The molecule has 0 bridgehead atoms. The lowest BCUT2D eigenvalue weighted by Gasteiger charge is -2.18. The zero-order valence-corrected chi connectivity index (χ0v) is 18.8. The predicted molar refractivity (Wildman–Crippen MR) is 123 cm³/mol. The van der Waals surface area contributed by atoms with Crippen LogP contribution in [0.5, 0.6) is 0 Å². The van der Waals surface area contributed by atoms with Crippen LogP contribution in [0.15, 0.2) is 48.1 Å². The average Bonchev–Trinajstić information content (AvgIpc) is 3.19. The quantitative estimate of drug-likeness (QED) is 0.474. The maximum atomic E-state index is 11.7. The van der Waals surface area contributed by atoms with Gasteiger partial charge in [-0.25, -0.2) is 0 Å². The Morgan fingerprint density at radius 3 is 2.90 bits per heavy atom. The van der Waals surface area contributed by atoms with Crippen LogP contribution < -0.4 is 0 Å². The third-order valence-corrected chi connectivity index (χ3v) is 7.23. The number of carbonyl (C=O) groups is 1. The van der Waals surface area contributed by atoms with Crippen molar-refractivity contribution < 1.29 is 9.90 Å². The molecule has 0 aliphatic heterocycles. The van der Waals surface area contributed by atoms with E-state index in [1.165, 1.54) is 16.7 Å². The summed E-state index contributed by atoms with van der Waals surface area (Å²) in [4.78, 5) is 13.3. The van der Waals surface area contributed by atoms with Crippen LogP contribution in [0.3, 0.4) is 0 Å². The molecule has 158 valence electrons. The average molecular weight is 414 g/mol. The second-order valence-electron chi connectivity index (χ2n) is 8.78. The van der Waals surface area contributed by atoms with E-state index in [0.29, 0.717) is 17.6 Å². The van der Waals surface area contributed by atoms with Gasteiger partial charge in [0, 0.05) is 20.0 Å². The summed E-state index contributed by atoms with van der Waals surface area (Å²) in [6.07, 6.45) is 11.9. The van der Waals surface area contributed by atoms with Crippen molar-refractivity contribution in [3.05, 3.63) is 59.2 Å². The molecule has 1 amide bonds. The van der Waals surface area contributed by atoms with Crippen molar-refractivity contribution in [3.63, 3.8) is 0 Å². The van der Waals surface area contributed by atoms with Crippen LogP contribution in [0.2, 0.25) is 0 Å².